The van der Waals surface area contributed by atoms with Crippen LogP contribution in [-0.2, 0) is 14.3 Å². The number of ether oxygens (including phenoxy) is 2. The second kappa shape index (κ2) is 8.66. The molecule has 1 aliphatic heterocycles. The zero-order valence-electron chi connectivity index (χ0n) is 16.9. The van der Waals surface area contributed by atoms with Crippen molar-refractivity contribution in [2.45, 2.75) is 51.2 Å². The third-order valence-electron chi connectivity index (χ3n) is 4.56. The van der Waals surface area contributed by atoms with E-state index in [1.54, 1.807) is 39.0 Å². The summed E-state index contributed by atoms with van der Waals surface area (Å²) >= 11 is 11.7. The van der Waals surface area contributed by atoms with E-state index in [0.29, 0.717) is 29.5 Å². The van der Waals surface area contributed by atoms with Gasteiger partial charge in [-0.1, -0.05) is 36.0 Å². The Morgan fingerprint density at radius 2 is 2.07 bits per heavy atom. The van der Waals surface area contributed by atoms with E-state index in [-0.39, 0.29) is 5.97 Å². The van der Waals surface area contributed by atoms with Gasteiger partial charge in [0.1, 0.15) is 10.6 Å². The summed E-state index contributed by atoms with van der Waals surface area (Å²) in [5, 5.41) is 3.42. The van der Waals surface area contributed by atoms with Crippen LogP contribution in [0.3, 0.4) is 0 Å². The van der Waals surface area contributed by atoms with Crippen molar-refractivity contribution in [2.24, 2.45) is 0 Å². The van der Waals surface area contributed by atoms with Crippen LogP contribution in [0.2, 0.25) is 5.02 Å². The van der Waals surface area contributed by atoms with E-state index in [9.17, 15) is 9.59 Å². The molecule has 154 valence electrons. The summed E-state index contributed by atoms with van der Waals surface area (Å²) in [5.74, 6) is -0.899. The molecule has 6 nitrogen and oxygen atoms in total. The number of benzene rings is 1. The topological polar surface area (TPSA) is 67.9 Å². The van der Waals surface area contributed by atoms with Gasteiger partial charge in [-0.25, -0.2) is 4.79 Å². The maximum absolute atomic E-state index is 12.4. The minimum Gasteiger partial charge on any atom is -0.468 e. The number of amides is 1. The van der Waals surface area contributed by atoms with Gasteiger partial charge >= 0.3 is 12.1 Å². The molecule has 0 aromatic heterocycles. The Bertz CT molecular complexity index is 765. The molecule has 1 fully saturated rings. The number of alkyl carbamates (subject to hydrolysis) is 1. The number of rotatable bonds is 5. The van der Waals surface area contributed by atoms with Gasteiger partial charge in [0.25, 0.3) is 0 Å². The van der Waals surface area contributed by atoms with E-state index in [1.807, 2.05) is 17.9 Å². The third kappa shape index (κ3) is 5.58. The van der Waals surface area contributed by atoms with Crippen molar-refractivity contribution in [3.05, 3.63) is 34.9 Å². The fourth-order valence-corrected chi connectivity index (χ4v) is 3.65. The van der Waals surface area contributed by atoms with Gasteiger partial charge in [-0.3, -0.25) is 4.79 Å². The standard InChI is InChI=1S/C20H27ClN2O4S/c1-19(2,3)27-18(25)22-20(4)9-10-23(17(20)28)12-15(16(24)26-5)13-7-6-8-14(21)11-13/h6-8,11,15H,9-10,12H2,1-5H3,(H,22,25). The van der Waals surface area contributed by atoms with Crippen LogP contribution in [0.25, 0.3) is 0 Å². The molecule has 1 heterocycles. The highest BCUT2D eigenvalue weighted by molar-refractivity contribution is 7.80. The van der Waals surface area contributed by atoms with Gasteiger partial charge < -0.3 is 19.7 Å². The molecule has 2 rings (SSSR count). The molecule has 8 heteroatoms. The molecule has 2 unspecified atom stereocenters. The van der Waals surface area contributed by atoms with Crippen LogP contribution in [0, 0.1) is 0 Å². The molecule has 2 atom stereocenters. The molecular weight excluding hydrogens is 400 g/mol. The first kappa shape index (κ1) is 22.4. The molecular formula is C20H27ClN2O4S. The van der Waals surface area contributed by atoms with Gasteiger partial charge in [0.15, 0.2) is 0 Å². The minimum absolute atomic E-state index is 0.345. The highest BCUT2D eigenvalue weighted by Gasteiger charge is 2.42. The smallest absolute Gasteiger partial charge is 0.408 e. The van der Waals surface area contributed by atoms with Crippen molar-refractivity contribution in [3.63, 3.8) is 0 Å². The van der Waals surface area contributed by atoms with Crippen LogP contribution in [0.5, 0.6) is 0 Å². The molecule has 0 aliphatic carbocycles. The lowest BCUT2D eigenvalue weighted by Gasteiger charge is -2.30. The Morgan fingerprint density at radius 3 is 2.64 bits per heavy atom. The van der Waals surface area contributed by atoms with Gasteiger partial charge in [-0.2, -0.15) is 0 Å². The first-order valence-electron chi connectivity index (χ1n) is 9.09. The average molecular weight is 427 g/mol. The van der Waals surface area contributed by atoms with Crippen molar-refractivity contribution in [2.75, 3.05) is 20.2 Å². The van der Waals surface area contributed by atoms with Gasteiger partial charge in [-0.15, -0.1) is 0 Å². The summed E-state index contributed by atoms with van der Waals surface area (Å²) in [6.45, 7) is 8.24. The number of nitrogens with zero attached hydrogens (tertiary/aromatic N) is 1. The van der Waals surface area contributed by atoms with Crippen molar-refractivity contribution in [1.82, 2.24) is 10.2 Å². The largest absolute Gasteiger partial charge is 0.468 e. The van der Waals surface area contributed by atoms with Crippen molar-refractivity contribution >= 4 is 40.9 Å². The molecule has 0 saturated carbocycles. The van der Waals surface area contributed by atoms with Crippen molar-refractivity contribution in [3.8, 4) is 0 Å². The minimum atomic E-state index is -0.716. The van der Waals surface area contributed by atoms with Crippen molar-refractivity contribution in [1.29, 1.82) is 0 Å². The predicted molar refractivity (Wildman–Crippen MR) is 113 cm³/mol. The second-order valence-electron chi connectivity index (χ2n) is 8.09. The monoisotopic (exact) mass is 426 g/mol. The number of thiocarbonyl (C=S) groups is 1. The number of methoxy groups -OCH3 is 1. The highest BCUT2D eigenvalue weighted by atomic mass is 35.5. The van der Waals surface area contributed by atoms with E-state index in [2.05, 4.69) is 5.32 Å². The van der Waals surface area contributed by atoms with Crippen LogP contribution < -0.4 is 5.32 Å². The van der Waals surface area contributed by atoms with E-state index < -0.39 is 23.2 Å². The maximum atomic E-state index is 12.4. The van der Waals surface area contributed by atoms with E-state index in [1.165, 1.54) is 7.11 Å². The molecule has 28 heavy (non-hydrogen) atoms. The fourth-order valence-electron chi connectivity index (χ4n) is 3.14. The lowest BCUT2D eigenvalue weighted by atomic mass is 9.98. The number of nitrogens with one attached hydrogen (secondary N) is 1. The van der Waals surface area contributed by atoms with E-state index in [0.717, 1.165) is 5.56 Å². The average Bonchev–Trinajstić information content (AvgIpc) is 2.85. The molecule has 1 aliphatic rings. The molecule has 1 saturated heterocycles. The third-order valence-corrected chi connectivity index (χ3v) is 5.50. The zero-order valence-corrected chi connectivity index (χ0v) is 18.4. The van der Waals surface area contributed by atoms with Gasteiger partial charge in [0.05, 0.1) is 18.6 Å². The number of carbonyl (C=O) groups excluding carboxylic acids is 2. The number of hydrogen-bond donors (Lipinski definition) is 1. The Kier molecular flexibility index (Phi) is 6.93. The SMILES string of the molecule is COC(=O)C(CN1CCC(C)(NC(=O)OC(C)(C)C)C1=S)c1cccc(Cl)c1. The highest BCUT2D eigenvalue weighted by Crippen LogP contribution is 2.29. The summed E-state index contributed by atoms with van der Waals surface area (Å²) in [7, 11) is 1.36. The molecule has 0 spiro atoms. The van der Waals surface area contributed by atoms with Crippen LogP contribution in [0.15, 0.2) is 24.3 Å². The summed E-state index contributed by atoms with van der Waals surface area (Å²) in [6.07, 6.45) is 0.104. The normalized spacial score (nSPS) is 20.6. The second-order valence-corrected chi connectivity index (χ2v) is 8.91. The lowest BCUT2D eigenvalue weighted by molar-refractivity contribution is -0.142. The molecule has 1 amide bonds. The molecule has 1 N–H and O–H groups in total. The van der Waals surface area contributed by atoms with Gasteiger partial charge in [0, 0.05) is 18.1 Å². The maximum Gasteiger partial charge on any atom is 0.408 e. The summed E-state index contributed by atoms with van der Waals surface area (Å²) < 4.78 is 10.3. The van der Waals surface area contributed by atoms with E-state index in [4.69, 9.17) is 33.3 Å². The summed E-state index contributed by atoms with van der Waals surface area (Å²) in [4.78, 5) is 27.1. The number of carbonyl (C=O) groups is 2. The quantitative estimate of drug-likeness (QED) is 0.568. The van der Waals surface area contributed by atoms with Crippen LogP contribution in [0.4, 0.5) is 4.79 Å². The first-order chi connectivity index (χ1) is 12.9. The number of esters is 1. The van der Waals surface area contributed by atoms with Crippen LogP contribution in [-0.4, -0.2) is 53.3 Å². The molecule has 0 radical (unpaired) electrons. The Balaban J connectivity index is 2.14. The fraction of sp³-hybridized carbons (Fsp3) is 0.550. The number of halogens is 1. The Morgan fingerprint density at radius 1 is 1.39 bits per heavy atom. The van der Waals surface area contributed by atoms with Crippen LogP contribution in [0.1, 0.15) is 45.6 Å². The predicted octanol–water partition coefficient (Wildman–Crippen LogP) is 3.91. The molecule has 1 aromatic rings. The van der Waals surface area contributed by atoms with Crippen molar-refractivity contribution < 1.29 is 19.1 Å². The number of likely N-dealkylation sites (tertiary alicyclic amines) is 1. The molecule has 0 bridgehead atoms. The summed E-state index contributed by atoms with van der Waals surface area (Å²) in [5.41, 5.74) is -0.550. The lowest BCUT2D eigenvalue weighted by Crippen LogP contribution is -2.52. The first-order valence-corrected chi connectivity index (χ1v) is 9.87. The molecule has 1 aromatic carbocycles. The number of hydrogen-bond acceptors (Lipinski definition) is 5. The zero-order chi connectivity index (χ0) is 21.1. The Hall–Kier alpha value is -1.86. The Labute approximate surface area is 176 Å². The van der Waals surface area contributed by atoms with Gasteiger partial charge in [0.2, 0.25) is 0 Å². The summed E-state index contributed by atoms with van der Waals surface area (Å²) in [6, 6.07) is 7.14. The van der Waals surface area contributed by atoms with Gasteiger partial charge in [-0.05, 0) is 51.8 Å². The van der Waals surface area contributed by atoms with Crippen LogP contribution >= 0.6 is 23.8 Å². The van der Waals surface area contributed by atoms with E-state index >= 15 is 0 Å².